The maximum atomic E-state index is 13.0. The van der Waals surface area contributed by atoms with Crippen LogP contribution in [0.2, 0.25) is 0 Å². The van der Waals surface area contributed by atoms with Crippen molar-refractivity contribution in [2.75, 3.05) is 11.9 Å². The summed E-state index contributed by atoms with van der Waals surface area (Å²) in [5.74, 6) is -0.463. The lowest BCUT2D eigenvalue weighted by atomic mass is 10.1. The van der Waals surface area contributed by atoms with Gasteiger partial charge in [-0.2, -0.15) is 8.78 Å². The number of hydrogen-bond donors (Lipinski definition) is 1. The van der Waals surface area contributed by atoms with E-state index >= 15 is 0 Å². The minimum Gasteiger partial charge on any atom is -0.434 e. The molecule has 31 heavy (non-hydrogen) atoms. The lowest BCUT2D eigenvalue weighted by molar-refractivity contribution is -0.119. The van der Waals surface area contributed by atoms with E-state index in [1.165, 1.54) is 29.3 Å². The van der Waals surface area contributed by atoms with E-state index in [9.17, 15) is 18.4 Å². The zero-order valence-electron chi connectivity index (χ0n) is 16.3. The first-order valence-corrected chi connectivity index (χ1v) is 9.63. The predicted molar refractivity (Wildman–Crippen MR) is 107 cm³/mol. The highest BCUT2D eigenvalue weighted by molar-refractivity contribution is 6.02. The first-order valence-electron chi connectivity index (χ1n) is 9.63. The van der Waals surface area contributed by atoms with Gasteiger partial charge in [-0.3, -0.25) is 14.2 Å². The van der Waals surface area contributed by atoms with Gasteiger partial charge in [0.1, 0.15) is 23.9 Å². The molecule has 1 aromatic carbocycles. The van der Waals surface area contributed by atoms with E-state index in [-0.39, 0.29) is 17.2 Å². The standard InChI is InChI=1S/C21H19F2N5O3/c22-21(23)31-17-6-2-1-4-15(17)20(30)28-10-3-5-16(28)19(29)26-14-7-8-18(25-12-14)27-11-9-24-13-27/h1-2,4,6-9,11-13,16,21H,3,5,10H2,(H,26,29). The fourth-order valence-electron chi connectivity index (χ4n) is 3.51. The average molecular weight is 427 g/mol. The molecule has 1 aliphatic heterocycles. The predicted octanol–water partition coefficient (Wildman–Crippen LogP) is 3.11. The van der Waals surface area contributed by atoms with Crippen molar-refractivity contribution < 1.29 is 23.1 Å². The summed E-state index contributed by atoms with van der Waals surface area (Å²) in [6.45, 7) is -2.71. The Balaban J connectivity index is 1.47. The first-order chi connectivity index (χ1) is 15.0. The maximum absolute atomic E-state index is 13.0. The number of para-hydroxylation sites is 1. The highest BCUT2D eigenvalue weighted by atomic mass is 19.3. The fraction of sp³-hybridized carbons (Fsp3) is 0.238. The number of nitrogens with zero attached hydrogens (tertiary/aromatic N) is 4. The number of imidazole rings is 1. The summed E-state index contributed by atoms with van der Waals surface area (Å²) in [6.07, 6.45) is 7.60. The number of ether oxygens (including phenoxy) is 1. The molecule has 0 bridgehead atoms. The van der Waals surface area contributed by atoms with E-state index < -0.39 is 18.6 Å². The summed E-state index contributed by atoms with van der Waals surface area (Å²) in [7, 11) is 0. The number of carbonyl (C=O) groups is 2. The Morgan fingerprint density at radius 1 is 1.19 bits per heavy atom. The highest BCUT2D eigenvalue weighted by Gasteiger charge is 2.35. The molecule has 1 fully saturated rings. The molecular weight excluding hydrogens is 408 g/mol. The molecule has 2 amide bonds. The number of carbonyl (C=O) groups excluding carboxylic acids is 2. The largest absolute Gasteiger partial charge is 0.434 e. The quantitative estimate of drug-likeness (QED) is 0.653. The van der Waals surface area contributed by atoms with Gasteiger partial charge in [0.05, 0.1) is 17.4 Å². The van der Waals surface area contributed by atoms with E-state index in [4.69, 9.17) is 0 Å². The molecule has 1 aliphatic rings. The Morgan fingerprint density at radius 2 is 2.03 bits per heavy atom. The van der Waals surface area contributed by atoms with E-state index in [1.54, 1.807) is 41.5 Å². The van der Waals surface area contributed by atoms with Crippen LogP contribution in [0, 0.1) is 0 Å². The molecular formula is C21H19F2N5O3. The van der Waals surface area contributed by atoms with Gasteiger partial charge in [-0.05, 0) is 37.1 Å². The average Bonchev–Trinajstić information content (AvgIpc) is 3.46. The van der Waals surface area contributed by atoms with Crippen molar-refractivity contribution in [1.29, 1.82) is 0 Å². The van der Waals surface area contributed by atoms with Gasteiger partial charge in [0.15, 0.2) is 0 Å². The zero-order chi connectivity index (χ0) is 21.8. The molecule has 3 aromatic rings. The molecule has 3 heterocycles. The van der Waals surface area contributed by atoms with Crippen molar-refractivity contribution in [3.63, 3.8) is 0 Å². The van der Waals surface area contributed by atoms with Crippen molar-refractivity contribution in [1.82, 2.24) is 19.4 Å². The SMILES string of the molecule is O=C(Nc1ccc(-n2ccnc2)nc1)C1CCCN1C(=O)c1ccccc1OC(F)F. The lowest BCUT2D eigenvalue weighted by Gasteiger charge is -2.25. The minimum atomic E-state index is -3.05. The van der Waals surface area contributed by atoms with Crippen LogP contribution in [0.25, 0.3) is 5.82 Å². The molecule has 1 atom stereocenters. The molecule has 0 saturated carbocycles. The maximum Gasteiger partial charge on any atom is 0.387 e. The van der Waals surface area contributed by atoms with Crippen LogP contribution in [0.3, 0.4) is 0 Å². The van der Waals surface area contributed by atoms with Crippen molar-refractivity contribution in [2.24, 2.45) is 0 Å². The number of benzene rings is 1. The van der Waals surface area contributed by atoms with E-state index in [1.807, 2.05) is 0 Å². The van der Waals surface area contributed by atoms with Crippen LogP contribution in [0.5, 0.6) is 5.75 Å². The number of halogens is 2. The third-order valence-corrected chi connectivity index (χ3v) is 4.93. The highest BCUT2D eigenvalue weighted by Crippen LogP contribution is 2.27. The van der Waals surface area contributed by atoms with Crippen molar-refractivity contribution in [2.45, 2.75) is 25.5 Å². The Labute approximate surface area is 176 Å². The Hall–Kier alpha value is -3.82. The molecule has 0 spiro atoms. The molecule has 2 aromatic heterocycles. The van der Waals surface area contributed by atoms with E-state index in [0.29, 0.717) is 30.9 Å². The molecule has 160 valence electrons. The number of rotatable bonds is 6. The summed E-state index contributed by atoms with van der Waals surface area (Å²) < 4.78 is 31.6. The van der Waals surface area contributed by atoms with Crippen molar-refractivity contribution in [3.8, 4) is 11.6 Å². The minimum absolute atomic E-state index is 0.00569. The number of likely N-dealkylation sites (tertiary alicyclic amines) is 1. The van der Waals surface area contributed by atoms with Gasteiger partial charge in [0, 0.05) is 18.9 Å². The Kier molecular flexibility index (Phi) is 5.87. The number of hydrogen-bond acceptors (Lipinski definition) is 5. The molecule has 0 aliphatic carbocycles. The third-order valence-electron chi connectivity index (χ3n) is 4.93. The summed E-state index contributed by atoms with van der Waals surface area (Å²) in [6, 6.07) is 8.48. The Morgan fingerprint density at radius 3 is 2.74 bits per heavy atom. The monoisotopic (exact) mass is 427 g/mol. The Bertz CT molecular complexity index is 1060. The van der Waals surface area contributed by atoms with Gasteiger partial charge in [-0.1, -0.05) is 12.1 Å². The third kappa shape index (κ3) is 4.52. The summed E-state index contributed by atoms with van der Waals surface area (Å²) in [4.78, 5) is 35.5. The first kappa shape index (κ1) is 20.5. The fourth-order valence-corrected chi connectivity index (χ4v) is 3.51. The van der Waals surface area contributed by atoms with Gasteiger partial charge in [0.25, 0.3) is 5.91 Å². The molecule has 8 nitrogen and oxygen atoms in total. The van der Waals surface area contributed by atoms with Crippen molar-refractivity contribution in [3.05, 3.63) is 66.9 Å². The molecule has 4 rings (SSSR count). The van der Waals surface area contributed by atoms with Crippen LogP contribution in [-0.4, -0.2) is 50.4 Å². The molecule has 1 N–H and O–H groups in total. The molecule has 1 unspecified atom stereocenters. The van der Waals surface area contributed by atoms with Crippen LogP contribution in [-0.2, 0) is 4.79 Å². The van der Waals surface area contributed by atoms with E-state index in [2.05, 4.69) is 20.0 Å². The number of nitrogens with one attached hydrogen (secondary N) is 1. The summed E-state index contributed by atoms with van der Waals surface area (Å²) in [5, 5.41) is 2.77. The zero-order valence-corrected chi connectivity index (χ0v) is 16.3. The molecule has 1 saturated heterocycles. The normalized spacial score (nSPS) is 15.8. The van der Waals surface area contributed by atoms with Crippen LogP contribution >= 0.6 is 0 Å². The summed E-state index contributed by atoms with van der Waals surface area (Å²) in [5.41, 5.74) is 0.475. The molecule has 0 radical (unpaired) electrons. The van der Waals surface area contributed by atoms with Crippen molar-refractivity contribution >= 4 is 17.5 Å². The lowest BCUT2D eigenvalue weighted by Crippen LogP contribution is -2.43. The number of anilines is 1. The molecule has 10 heteroatoms. The second-order valence-corrected chi connectivity index (χ2v) is 6.90. The van der Waals surface area contributed by atoms with Crippen LogP contribution in [0.15, 0.2) is 61.3 Å². The second-order valence-electron chi connectivity index (χ2n) is 6.90. The van der Waals surface area contributed by atoms with Gasteiger partial charge in [0.2, 0.25) is 5.91 Å². The van der Waals surface area contributed by atoms with Crippen LogP contribution in [0.4, 0.5) is 14.5 Å². The van der Waals surface area contributed by atoms with Crippen LogP contribution in [0.1, 0.15) is 23.2 Å². The second kappa shape index (κ2) is 8.90. The topological polar surface area (TPSA) is 89.4 Å². The van der Waals surface area contributed by atoms with Gasteiger partial charge in [-0.25, -0.2) is 9.97 Å². The smallest absolute Gasteiger partial charge is 0.387 e. The number of aromatic nitrogens is 3. The van der Waals surface area contributed by atoms with E-state index in [0.717, 1.165) is 0 Å². The number of alkyl halides is 2. The number of amides is 2. The van der Waals surface area contributed by atoms with Gasteiger partial charge < -0.3 is 15.0 Å². The summed E-state index contributed by atoms with van der Waals surface area (Å²) >= 11 is 0. The van der Waals surface area contributed by atoms with Gasteiger partial charge >= 0.3 is 6.61 Å². The van der Waals surface area contributed by atoms with Gasteiger partial charge in [-0.15, -0.1) is 0 Å². The number of pyridine rings is 1. The van der Waals surface area contributed by atoms with Crippen LogP contribution < -0.4 is 10.1 Å².